The predicted octanol–water partition coefficient (Wildman–Crippen LogP) is 6.47. The molecule has 5 heteroatoms. The first-order valence-corrected chi connectivity index (χ1v) is 13.1. The Bertz CT molecular complexity index is 1030. The number of hydrogen-bond acceptors (Lipinski definition) is 5. The maximum Gasteiger partial charge on any atom is 0.161 e. The summed E-state index contributed by atoms with van der Waals surface area (Å²) in [7, 11) is 0. The van der Waals surface area contributed by atoms with Crippen molar-refractivity contribution in [1.29, 1.82) is 0 Å². The Kier molecular flexibility index (Phi) is 10.9. The van der Waals surface area contributed by atoms with E-state index in [4.69, 9.17) is 23.7 Å². The van der Waals surface area contributed by atoms with Crippen molar-refractivity contribution in [2.24, 2.45) is 0 Å². The van der Waals surface area contributed by atoms with E-state index in [2.05, 4.69) is 49.9 Å². The van der Waals surface area contributed by atoms with Crippen molar-refractivity contribution in [2.45, 2.75) is 70.3 Å². The van der Waals surface area contributed by atoms with Crippen molar-refractivity contribution in [3.63, 3.8) is 0 Å². The normalized spacial score (nSPS) is 22.4. The highest BCUT2D eigenvalue weighted by Crippen LogP contribution is 2.29. The van der Waals surface area contributed by atoms with Gasteiger partial charge in [0, 0.05) is 6.42 Å². The van der Waals surface area contributed by atoms with Crippen LogP contribution >= 0.6 is 0 Å². The second-order valence-corrected chi connectivity index (χ2v) is 9.26. The minimum Gasteiger partial charge on any atom is -0.374 e. The maximum atomic E-state index is 6.49. The molecule has 1 heterocycles. The van der Waals surface area contributed by atoms with E-state index in [0.717, 1.165) is 23.1 Å². The lowest BCUT2D eigenvalue weighted by Gasteiger charge is -2.42. The molecule has 196 valence electrons. The molecule has 0 amide bonds. The molecule has 5 nitrogen and oxygen atoms in total. The maximum absolute atomic E-state index is 6.49. The van der Waals surface area contributed by atoms with E-state index in [9.17, 15) is 0 Å². The molecule has 1 aliphatic rings. The smallest absolute Gasteiger partial charge is 0.161 e. The molecule has 0 aromatic heterocycles. The van der Waals surface area contributed by atoms with E-state index in [1.165, 1.54) is 0 Å². The van der Waals surface area contributed by atoms with Crippen LogP contribution in [0.4, 0.5) is 0 Å². The van der Waals surface area contributed by atoms with Crippen LogP contribution in [0.15, 0.2) is 104 Å². The molecular weight excluding hydrogens is 464 g/mol. The van der Waals surface area contributed by atoms with E-state index < -0.39 is 6.29 Å². The summed E-state index contributed by atoms with van der Waals surface area (Å²) in [4.78, 5) is 0. The molecule has 0 bridgehead atoms. The molecule has 0 spiro atoms. The summed E-state index contributed by atoms with van der Waals surface area (Å²) in [5.41, 5.74) is 3.33. The van der Waals surface area contributed by atoms with Gasteiger partial charge in [-0.15, -0.1) is 6.58 Å². The van der Waals surface area contributed by atoms with E-state index in [1.807, 2.05) is 60.7 Å². The Morgan fingerprint density at radius 3 is 1.89 bits per heavy atom. The van der Waals surface area contributed by atoms with Crippen molar-refractivity contribution in [3.8, 4) is 0 Å². The first-order chi connectivity index (χ1) is 18.2. The van der Waals surface area contributed by atoms with E-state index in [0.29, 0.717) is 32.8 Å². The first-order valence-electron chi connectivity index (χ1n) is 13.1. The van der Waals surface area contributed by atoms with Gasteiger partial charge in [0.05, 0.1) is 38.6 Å². The van der Waals surface area contributed by atoms with Crippen LogP contribution in [0.25, 0.3) is 0 Å². The van der Waals surface area contributed by atoms with Crippen LogP contribution in [0.1, 0.15) is 36.5 Å². The van der Waals surface area contributed by atoms with Gasteiger partial charge in [-0.1, -0.05) is 104 Å². The average molecular weight is 503 g/mol. The Balaban J connectivity index is 1.50. The van der Waals surface area contributed by atoms with Gasteiger partial charge in [-0.2, -0.15) is 0 Å². The van der Waals surface area contributed by atoms with Gasteiger partial charge in [0.2, 0.25) is 0 Å². The summed E-state index contributed by atoms with van der Waals surface area (Å²) < 4.78 is 31.8. The summed E-state index contributed by atoms with van der Waals surface area (Å²) in [5, 5.41) is 0. The molecule has 1 aliphatic heterocycles. The zero-order valence-corrected chi connectivity index (χ0v) is 21.6. The number of benzene rings is 3. The van der Waals surface area contributed by atoms with Crippen LogP contribution in [-0.4, -0.2) is 37.3 Å². The Morgan fingerprint density at radius 1 is 0.811 bits per heavy atom. The SMILES string of the molecule is C=C[C@@H](CC)O[C@@H]1C[C@@H](OCc2ccccc2)[C@H](OCc2ccccc2)[C@@H](COCc2ccccc2)O1. The zero-order chi connectivity index (χ0) is 25.7. The van der Waals surface area contributed by atoms with Crippen molar-refractivity contribution >= 4 is 0 Å². The molecule has 3 aromatic rings. The van der Waals surface area contributed by atoms with Crippen molar-refractivity contribution in [1.82, 2.24) is 0 Å². The highest BCUT2D eigenvalue weighted by atomic mass is 16.7. The van der Waals surface area contributed by atoms with Crippen LogP contribution in [0.2, 0.25) is 0 Å². The number of ether oxygens (including phenoxy) is 5. The van der Waals surface area contributed by atoms with E-state index in [1.54, 1.807) is 0 Å². The topological polar surface area (TPSA) is 46.2 Å². The van der Waals surface area contributed by atoms with Gasteiger partial charge < -0.3 is 23.7 Å². The predicted molar refractivity (Wildman–Crippen MR) is 145 cm³/mol. The molecule has 4 rings (SSSR count). The van der Waals surface area contributed by atoms with Gasteiger partial charge in [0.15, 0.2) is 6.29 Å². The third-order valence-electron chi connectivity index (χ3n) is 6.46. The van der Waals surface area contributed by atoms with Gasteiger partial charge >= 0.3 is 0 Å². The molecule has 0 unspecified atom stereocenters. The van der Waals surface area contributed by atoms with Crippen LogP contribution in [0, 0.1) is 0 Å². The standard InChI is InChI=1S/C32H38O5/c1-3-28(4-2)36-31-20-29(34-22-26-16-10-6-11-17-26)32(35-23-27-18-12-7-13-19-27)30(37-31)24-33-21-25-14-8-5-9-15-25/h3,5-19,28-32H,1,4,20-24H2,2H3/t28-,29+,30+,31-,32-/m0/s1. The first kappa shape index (κ1) is 27.2. The molecule has 1 fully saturated rings. The summed E-state index contributed by atoms with van der Waals surface area (Å²) in [6, 6.07) is 30.5. The number of rotatable bonds is 14. The summed E-state index contributed by atoms with van der Waals surface area (Å²) in [6.45, 7) is 7.80. The molecule has 1 saturated heterocycles. The van der Waals surface area contributed by atoms with Gasteiger partial charge in [0.25, 0.3) is 0 Å². The minimum atomic E-state index is -0.439. The fourth-order valence-electron chi connectivity index (χ4n) is 4.42. The second-order valence-electron chi connectivity index (χ2n) is 9.26. The molecule has 0 aliphatic carbocycles. The third-order valence-corrected chi connectivity index (χ3v) is 6.46. The fourth-order valence-corrected chi connectivity index (χ4v) is 4.42. The lowest BCUT2D eigenvalue weighted by atomic mass is 10.0. The molecule has 3 aromatic carbocycles. The van der Waals surface area contributed by atoms with Gasteiger partial charge in [0.1, 0.15) is 12.2 Å². The zero-order valence-electron chi connectivity index (χ0n) is 21.6. The fraction of sp³-hybridized carbons (Fsp3) is 0.375. The van der Waals surface area contributed by atoms with E-state index >= 15 is 0 Å². The Hall–Kier alpha value is -2.80. The monoisotopic (exact) mass is 502 g/mol. The highest BCUT2D eigenvalue weighted by Gasteiger charge is 2.41. The van der Waals surface area contributed by atoms with Gasteiger partial charge in [-0.25, -0.2) is 0 Å². The lowest BCUT2D eigenvalue weighted by Crippen LogP contribution is -2.53. The van der Waals surface area contributed by atoms with Crippen LogP contribution in [-0.2, 0) is 43.5 Å². The third kappa shape index (κ3) is 8.63. The van der Waals surface area contributed by atoms with Gasteiger partial charge in [-0.3, -0.25) is 0 Å². The van der Waals surface area contributed by atoms with Crippen LogP contribution < -0.4 is 0 Å². The highest BCUT2D eigenvalue weighted by molar-refractivity contribution is 5.15. The van der Waals surface area contributed by atoms with Crippen molar-refractivity contribution < 1.29 is 23.7 Å². The van der Waals surface area contributed by atoms with Gasteiger partial charge in [-0.05, 0) is 23.1 Å². The molecule has 0 radical (unpaired) electrons. The lowest BCUT2D eigenvalue weighted by molar-refractivity contribution is -0.284. The summed E-state index contributed by atoms with van der Waals surface area (Å²) in [6.07, 6.45) is 1.78. The summed E-state index contributed by atoms with van der Waals surface area (Å²) in [5.74, 6) is 0. The molecule has 0 saturated carbocycles. The largest absolute Gasteiger partial charge is 0.374 e. The molecule has 0 N–H and O–H groups in total. The average Bonchev–Trinajstić information content (AvgIpc) is 2.96. The van der Waals surface area contributed by atoms with Crippen molar-refractivity contribution in [2.75, 3.05) is 6.61 Å². The molecule has 37 heavy (non-hydrogen) atoms. The summed E-state index contributed by atoms with van der Waals surface area (Å²) >= 11 is 0. The minimum absolute atomic E-state index is 0.0903. The quantitative estimate of drug-likeness (QED) is 0.236. The Morgan fingerprint density at radius 2 is 1.35 bits per heavy atom. The van der Waals surface area contributed by atoms with Crippen LogP contribution in [0.5, 0.6) is 0 Å². The molecular formula is C32H38O5. The van der Waals surface area contributed by atoms with Crippen molar-refractivity contribution in [3.05, 3.63) is 120 Å². The number of hydrogen-bond donors (Lipinski definition) is 0. The second kappa shape index (κ2) is 14.8. The molecule has 5 atom stereocenters. The van der Waals surface area contributed by atoms with E-state index in [-0.39, 0.29) is 24.4 Å². The Labute approximate surface area is 221 Å². The van der Waals surface area contributed by atoms with Crippen LogP contribution in [0.3, 0.4) is 0 Å².